The van der Waals surface area contributed by atoms with Gasteiger partial charge in [0.2, 0.25) is 11.8 Å². The van der Waals surface area contributed by atoms with Crippen LogP contribution in [0, 0.1) is 18.8 Å². The van der Waals surface area contributed by atoms with Gasteiger partial charge in [0.25, 0.3) is 0 Å². The predicted molar refractivity (Wildman–Crippen MR) is 125 cm³/mol. The number of nitrogens with one attached hydrogen (secondary N) is 1. The van der Waals surface area contributed by atoms with Crippen LogP contribution in [-0.4, -0.2) is 43.2 Å². The third-order valence-corrected chi connectivity index (χ3v) is 7.37. The van der Waals surface area contributed by atoms with Crippen LogP contribution in [0.2, 0.25) is 0 Å². The molecule has 0 aromatic carbocycles. The minimum atomic E-state index is -1.14. The average molecular weight is 470 g/mol. The van der Waals surface area contributed by atoms with E-state index < -0.39 is 11.6 Å². The first kappa shape index (κ1) is 23.1. The van der Waals surface area contributed by atoms with Gasteiger partial charge in [0.15, 0.2) is 0 Å². The van der Waals surface area contributed by atoms with Crippen LogP contribution in [0.3, 0.4) is 0 Å². The minimum Gasteiger partial charge on any atom is -0.481 e. The van der Waals surface area contributed by atoms with Gasteiger partial charge >= 0.3 is 5.97 Å². The Morgan fingerprint density at radius 1 is 1.21 bits per heavy atom. The lowest BCUT2D eigenvalue weighted by Gasteiger charge is -2.35. The summed E-state index contributed by atoms with van der Waals surface area (Å²) in [5, 5.41) is 24.3. The number of carboxylic acid groups (broad SMARTS) is 1. The second kappa shape index (κ2) is 9.40. The van der Waals surface area contributed by atoms with E-state index in [1.165, 1.54) is 11.3 Å². The van der Waals surface area contributed by atoms with Gasteiger partial charge in [-0.1, -0.05) is 0 Å². The Morgan fingerprint density at radius 3 is 2.64 bits per heavy atom. The van der Waals surface area contributed by atoms with Crippen molar-refractivity contribution in [1.82, 2.24) is 19.9 Å². The smallest absolute Gasteiger partial charge is 0.306 e. The number of carbonyl (C=O) groups is 1. The number of nitrogens with zero attached hydrogens (tertiary/aromatic N) is 4. The summed E-state index contributed by atoms with van der Waals surface area (Å²) in [6, 6.07) is 5.44. The van der Waals surface area contributed by atoms with Crippen LogP contribution < -0.4 is 10.1 Å². The van der Waals surface area contributed by atoms with Gasteiger partial charge < -0.3 is 20.3 Å². The Kier molecular flexibility index (Phi) is 6.57. The summed E-state index contributed by atoms with van der Waals surface area (Å²) in [7, 11) is 1.55. The van der Waals surface area contributed by atoms with Gasteiger partial charge in [-0.25, -0.2) is 19.9 Å². The molecule has 0 radical (unpaired) electrons. The standard InChI is InChI=1S/C23H27N5O4S/c1-13-8-9-24-22(26-13)27-16-10-17(28-19(11-16)32-3)18-12-25-21(33-18)23(2,31)15-6-4-14(5-7-15)20(29)30/h8-12,14-15,31H,4-7H2,1-3H3,(H,29,30)(H,24,26,27,28). The molecule has 1 unspecified atom stereocenters. The zero-order chi connectivity index (χ0) is 23.6. The number of carboxylic acids is 1. The summed E-state index contributed by atoms with van der Waals surface area (Å²) in [5.74, 6) is -0.223. The monoisotopic (exact) mass is 469 g/mol. The molecule has 174 valence electrons. The van der Waals surface area contributed by atoms with Gasteiger partial charge in [-0.3, -0.25) is 4.79 Å². The highest BCUT2D eigenvalue weighted by Crippen LogP contribution is 2.43. The average Bonchev–Trinajstić information content (AvgIpc) is 3.30. The molecule has 3 aromatic heterocycles. The van der Waals surface area contributed by atoms with E-state index in [1.54, 1.807) is 32.5 Å². The number of anilines is 2. The van der Waals surface area contributed by atoms with Crippen molar-refractivity contribution in [2.45, 2.75) is 45.1 Å². The molecule has 1 fully saturated rings. The third kappa shape index (κ3) is 5.12. The number of aliphatic carboxylic acids is 1. The first-order valence-corrected chi connectivity index (χ1v) is 11.6. The van der Waals surface area contributed by atoms with Crippen molar-refractivity contribution in [3.05, 3.63) is 41.3 Å². The van der Waals surface area contributed by atoms with Crippen molar-refractivity contribution >= 4 is 28.9 Å². The van der Waals surface area contributed by atoms with E-state index in [1.807, 2.05) is 19.1 Å². The predicted octanol–water partition coefficient (Wildman–Crippen LogP) is 4.15. The van der Waals surface area contributed by atoms with Gasteiger partial charge in [0.05, 0.1) is 23.6 Å². The number of thiazole rings is 1. The summed E-state index contributed by atoms with van der Waals surface area (Å²) >= 11 is 1.38. The lowest BCUT2D eigenvalue weighted by molar-refractivity contribution is -0.144. The second-order valence-corrected chi connectivity index (χ2v) is 9.52. The zero-order valence-electron chi connectivity index (χ0n) is 18.8. The molecular formula is C23H27N5O4S. The lowest BCUT2D eigenvalue weighted by atomic mass is 9.74. The molecule has 1 aliphatic carbocycles. The Morgan fingerprint density at radius 2 is 1.97 bits per heavy atom. The summed E-state index contributed by atoms with van der Waals surface area (Å²) in [4.78, 5) is 29.7. The molecule has 33 heavy (non-hydrogen) atoms. The van der Waals surface area contributed by atoms with Crippen LogP contribution in [0.5, 0.6) is 5.88 Å². The van der Waals surface area contributed by atoms with E-state index in [9.17, 15) is 15.0 Å². The largest absolute Gasteiger partial charge is 0.481 e. The van der Waals surface area contributed by atoms with Crippen LogP contribution in [0.25, 0.3) is 10.6 Å². The van der Waals surface area contributed by atoms with Gasteiger partial charge in [-0.05, 0) is 57.6 Å². The van der Waals surface area contributed by atoms with Crippen LogP contribution in [0.1, 0.15) is 43.3 Å². The molecule has 3 heterocycles. The van der Waals surface area contributed by atoms with Crippen LogP contribution in [-0.2, 0) is 10.4 Å². The first-order chi connectivity index (χ1) is 15.8. The second-order valence-electron chi connectivity index (χ2n) is 8.49. The maximum Gasteiger partial charge on any atom is 0.306 e. The Bertz CT molecular complexity index is 1140. The lowest BCUT2D eigenvalue weighted by Crippen LogP contribution is -2.35. The number of aliphatic hydroxyl groups is 1. The van der Waals surface area contributed by atoms with Gasteiger partial charge in [0.1, 0.15) is 10.6 Å². The van der Waals surface area contributed by atoms with Crippen molar-refractivity contribution in [2.75, 3.05) is 12.4 Å². The number of ether oxygens (including phenoxy) is 1. The number of hydrogen-bond donors (Lipinski definition) is 3. The SMILES string of the molecule is COc1cc(Nc2nccc(C)n2)cc(-c2cnc(C(C)(O)C3CCC(C(=O)O)CC3)s2)n1. The summed E-state index contributed by atoms with van der Waals surface area (Å²) in [6.07, 6.45) is 5.84. The maximum absolute atomic E-state index is 11.3. The summed E-state index contributed by atoms with van der Waals surface area (Å²) < 4.78 is 5.37. The van der Waals surface area contributed by atoms with Crippen LogP contribution in [0.4, 0.5) is 11.6 Å². The van der Waals surface area contributed by atoms with Crippen molar-refractivity contribution < 1.29 is 19.7 Å². The molecule has 4 rings (SSSR count). The number of hydrogen-bond acceptors (Lipinski definition) is 9. The van der Waals surface area contributed by atoms with Crippen LogP contribution in [0.15, 0.2) is 30.6 Å². The molecule has 0 saturated heterocycles. The molecule has 9 nitrogen and oxygen atoms in total. The van der Waals surface area contributed by atoms with Crippen molar-refractivity contribution in [2.24, 2.45) is 11.8 Å². The molecule has 0 amide bonds. The molecule has 3 aromatic rings. The topological polar surface area (TPSA) is 130 Å². The number of aryl methyl sites for hydroxylation is 1. The highest BCUT2D eigenvalue weighted by Gasteiger charge is 2.40. The highest BCUT2D eigenvalue weighted by atomic mass is 32.1. The molecule has 0 bridgehead atoms. The highest BCUT2D eigenvalue weighted by molar-refractivity contribution is 7.15. The van der Waals surface area contributed by atoms with E-state index in [-0.39, 0.29) is 11.8 Å². The number of aromatic nitrogens is 4. The minimum absolute atomic E-state index is 0.0407. The summed E-state index contributed by atoms with van der Waals surface area (Å²) in [5.41, 5.74) is 1.08. The fourth-order valence-corrected chi connectivity index (χ4v) is 5.15. The molecular weight excluding hydrogens is 442 g/mol. The maximum atomic E-state index is 11.3. The number of methoxy groups -OCH3 is 1. The fourth-order valence-electron chi connectivity index (χ4n) is 4.15. The first-order valence-electron chi connectivity index (χ1n) is 10.8. The summed E-state index contributed by atoms with van der Waals surface area (Å²) in [6.45, 7) is 3.66. The van der Waals surface area contributed by atoms with Gasteiger partial charge in [0, 0.05) is 29.8 Å². The Hall–Kier alpha value is -3.11. The van der Waals surface area contributed by atoms with E-state index in [0.29, 0.717) is 48.2 Å². The molecule has 1 saturated carbocycles. The molecule has 10 heteroatoms. The van der Waals surface area contributed by atoms with E-state index in [2.05, 4.69) is 25.3 Å². The number of pyridine rings is 1. The van der Waals surface area contributed by atoms with Crippen LogP contribution >= 0.6 is 11.3 Å². The zero-order valence-corrected chi connectivity index (χ0v) is 19.6. The van der Waals surface area contributed by atoms with Gasteiger partial charge in [-0.2, -0.15) is 0 Å². The van der Waals surface area contributed by atoms with Gasteiger partial charge in [-0.15, -0.1) is 11.3 Å². The Labute approximate surface area is 195 Å². The fraction of sp³-hybridized carbons (Fsp3) is 0.435. The van der Waals surface area contributed by atoms with E-state index >= 15 is 0 Å². The molecule has 1 atom stereocenters. The molecule has 0 aliphatic heterocycles. The quantitative estimate of drug-likeness (QED) is 0.467. The normalized spacial score (nSPS) is 20.1. The molecule has 1 aliphatic rings. The third-order valence-electron chi connectivity index (χ3n) is 6.12. The Balaban J connectivity index is 1.56. The van der Waals surface area contributed by atoms with Crippen molar-refractivity contribution in [3.8, 4) is 16.5 Å². The van der Waals surface area contributed by atoms with E-state index in [0.717, 1.165) is 16.3 Å². The molecule has 0 spiro atoms. The molecule has 3 N–H and O–H groups in total. The number of rotatable bonds is 7. The van der Waals surface area contributed by atoms with E-state index in [4.69, 9.17) is 4.74 Å². The van der Waals surface area contributed by atoms with Crippen molar-refractivity contribution in [1.29, 1.82) is 0 Å². The van der Waals surface area contributed by atoms with Crippen molar-refractivity contribution in [3.63, 3.8) is 0 Å².